The molecule has 0 amide bonds. The number of nitrogens with zero attached hydrogens (tertiary/aromatic N) is 4. The van der Waals surface area contributed by atoms with E-state index in [1.54, 1.807) is 13.8 Å². The largest absolute Gasteiger partial charge is 0.463 e. The van der Waals surface area contributed by atoms with Crippen LogP contribution in [-0.2, 0) is 19.1 Å². The number of rotatable bonds is 14. The first kappa shape index (κ1) is 42.3. The van der Waals surface area contributed by atoms with Gasteiger partial charge in [0.15, 0.2) is 11.6 Å². The predicted molar refractivity (Wildman–Crippen MR) is 220 cm³/mol. The van der Waals surface area contributed by atoms with E-state index in [9.17, 15) is 14.4 Å². The molecule has 7 unspecified atom stereocenters. The number of halogens is 1. The Labute approximate surface area is 330 Å². The number of fused-ring (bicyclic) bond motifs is 5. The third-order valence-corrected chi connectivity index (χ3v) is 14.7. The van der Waals surface area contributed by atoms with E-state index in [1.807, 2.05) is 31.2 Å². The zero-order chi connectivity index (χ0) is 39.8. The zero-order valence-corrected chi connectivity index (χ0v) is 35.6. The van der Waals surface area contributed by atoms with Crippen molar-refractivity contribution >= 4 is 42.2 Å². The van der Waals surface area contributed by atoms with E-state index in [0.717, 1.165) is 68.3 Å². The fraction of sp³-hybridized carbons (Fsp3) is 0.711. The second kappa shape index (κ2) is 16.3. The molecule has 4 aliphatic carbocycles. The van der Waals surface area contributed by atoms with Crippen LogP contribution in [0.4, 0.5) is 0 Å². The van der Waals surface area contributed by atoms with Crippen LogP contribution >= 0.6 is 11.6 Å². The molecule has 54 heavy (non-hydrogen) atoms. The molecule has 9 heteroatoms. The highest BCUT2D eigenvalue weighted by Gasteiger charge is 2.64. The fourth-order valence-corrected chi connectivity index (χ4v) is 11.7. The number of Topliss-reactive ketones (excluding diaryl/α,β-unsaturated/α-hetero) is 1. The van der Waals surface area contributed by atoms with E-state index in [0.29, 0.717) is 41.7 Å². The smallest absolute Gasteiger partial charge is 0.307 e. The Morgan fingerprint density at radius 3 is 2.37 bits per heavy atom. The van der Waals surface area contributed by atoms with Gasteiger partial charge in [-0.05, 0) is 148 Å². The maximum Gasteiger partial charge on any atom is 0.307 e. The zero-order valence-electron chi connectivity index (χ0n) is 34.8. The van der Waals surface area contributed by atoms with Crippen LogP contribution in [-0.4, -0.2) is 79.2 Å². The number of ether oxygens (including phenoxy) is 1. The normalized spacial score (nSPS) is 31.9. The number of esters is 1. The minimum atomic E-state index is -0.719. The summed E-state index contributed by atoms with van der Waals surface area (Å²) in [6.45, 7) is 22.8. The van der Waals surface area contributed by atoms with Gasteiger partial charge in [0.2, 0.25) is 0 Å². The number of carbonyl (C=O) groups excluding carboxylic acids is 3. The van der Waals surface area contributed by atoms with Crippen molar-refractivity contribution in [1.29, 1.82) is 0 Å². The molecule has 0 saturated heterocycles. The molecule has 298 valence electrons. The number of aldehydes is 1. The van der Waals surface area contributed by atoms with E-state index in [4.69, 9.17) is 21.4 Å². The number of ketones is 1. The Balaban J connectivity index is 1.51. The molecule has 8 nitrogen and oxygen atoms in total. The molecular formula is C45H67ClN4O4. The maximum absolute atomic E-state index is 14.5. The molecule has 0 aliphatic heterocycles. The van der Waals surface area contributed by atoms with Gasteiger partial charge in [-0.3, -0.25) is 9.59 Å². The first-order valence-corrected chi connectivity index (χ1v) is 20.9. The third kappa shape index (κ3) is 8.03. The summed E-state index contributed by atoms with van der Waals surface area (Å²) >= 11 is 6.36. The van der Waals surface area contributed by atoms with E-state index >= 15 is 0 Å². The molecule has 0 radical (unpaired) electrons. The van der Waals surface area contributed by atoms with E-state index in [-0.39, 0.29) is 41.0 Å². The lowest BCUT2D eigenvalue weighted by Crippen LogP contribution is -2.62. The molecule has 0 heterocycles. The Hall–Kier alpha value is -2.84. The van der Waals surface area contributed by atoms with Crippen LogP contribution < -0.4 is 0 Å². The number of likely N-dealkylation sites (N-methyl/N-ethyl adjacent to an activating group) is 1. The standard InChI is InChI=1S/C45H67ClN4O4/c1-29(2)39-36(52)26-45(50(25-24-49(10)11)41(48-47-9)32-12-14-33(46)15-13-32)23-20-35-34(40(39)45)16-17-37-43(7,30(3)18-21-44(35,37)8)22-19-31(4)54-38(53)27-42(5,6)28-51/h12-15,28-31,34-35,37H,9,16-27H2,1-8,10-11H3/b48-41-/t30?,31?,34?,35?,37?,43?,44?,45-/m1/s1. The van der Waals surface area contributed by atoms with Gasteiger partial charge in [0.25, 0.3) is 0 Å². The topological polar surface area (TPSA) is 91.6 Å². The van der Waals surface area contributed by atoms with Crippen molar-refractivity contribution in [3.63, 3.8) is 0 Å². The average Bonchev–Trinajstić information content (AvgIpc) is 3.42. The summed E-state index contributed by atoms with van der Waals surface area (Å²) in [6, 6.07) is 7.80. The van der Waals surface area contributed by atoms with Crippen molar-refractivity contribution in [3.8, 4) is 0 Å². The summed E-state index contributed by atoms with van der Waals surface area (Å²) in [6.07, 6.45) is 9.47. The highest BCUT2D eigenvalue weighted by atomic mass is 35.5. The summed E-state index contributed by atoms with van der Waals surface area (Å²) in [5.41, 5.74) is 2.36. The number of amidine groups is 1. The van der Waals surface area contributed by atoms with Crippen LogP contribution in [0.3, 0.4) is 0 Å². The molecular weight excluding hydrogens is 696 g/mol. The second-order valence-corrected chi connectivity index (χ2v) is 19.5. The van der Waals surface area contributed by atoms with Gasteiger partial charge in [-0.1, -0.05) is 60.1 Å². The molecule has 3 saturated carbocycles. The van der Waals surface area contributed by atoms with Crippen molar-refractivity contribution in [2.45, 2.75) is 131 Å². The van der Waals surface area contributed by atoms with Crippen LogP contribution in [0.25, 0.3) is 0 Å². The van der Waals surface area contributed by atoms with Gasteiger partial charge in [0, 0.05) is 42.2 Å². The molecule has 4 aliphatic rings. The summed E-state index contributed by atoms with van der Waals surface area (Å²) in [5.74, 6) is 2.72. The molecule has 8 atom stereocenters. The number of hydrogen-bond acceptors (Lipinski definition) is 7. The lowest BCUT2D eigenvalue weighted by atomic mass is 9.40. The van der Waals surface area contributed by atoms with E-state index in [1.165, 1.54) is 18.4 Å². The molecule has 5 rings (SSSR count). The lowest BCUT2D eigenvalue weighted by molar-refractivity contribution is -0.155. The molecule has 0 aromatic heterocycles. The van der Waals surface area contributed by atoms with Crippen LogP contribution in [0, 0.1) is 45.8 Å². The van der Waals surface area contributed by atoms with Crippen molar-refractivity contribution in [3.05, 3.63) is 46.0 Å². The first-order valence-electron chi connectivity index (χ1n) is 20.5. The Morgan fingerprint density at radius 2 is 1.76 bits per heavy atom. The lowest BCUT2D eigenvalue weighted by Gasteiger charge is -2.65. The summed E-state index contributed by atoms with van der Waals surface area (Å²) in [7, 11) is 4.19. The minimum Gasteiger partial charge on any atom is -0.463 e. The SMILES string of the molecule is C=N/N=C(/c1ccc(Cl)cc1)N(CCN(C)C)[C@@]12CCC3C(CCC4C(C)(CCC(C)OC(=O)CC(C)(C)C=O)C(C)CCC34C)C1=C(C(C)C)C(=O)C2. The van der Waals surface area contributed by atoms with Crippen molar-refractivity contribution < 1.29 is 19.1 Å². The first-order chi connectivity index (χ1) is 25.3. The predicted octanol–water partition coefficient (Wildman–Crippen LogP) is 9.44. The van der Waals surface area contributed by atoms with Crippen LogP contribution in [0.5, 0.6) is 0 Å². The van der Waals surface area contributed by atoms with E-state index < -0.39 is 11.0 Å². The number of carbonyl (C=O) groups is 3. The van der Waals surface area contributed by atoms with Crippen LogP contribution in [0.15, 0.2) is 45.6 Å². The van der Waals surface area contributed by atoms with Crippen LogP contribution in [0.1, 0.15) is 125 Å². The molecule has 1 aromatic carbocycles. The summed E-state index contributed by atoms with van der Waals surface area (Å²) in [4.78, 5) is 43.3. The van der Waals surface area contributed by atoms with Gasteiger partial charge >= 0.3 is 5.97 Å². The van der Waals surface area contributed by atoms with Crippen molar-refractivity contribution in [2.24, 2.45) is 56.0 Å². The summed E-state index contributed by atoms with van der Waals surface area (Å²) < 4.78 is 5.87. The van der Waals surface area contributed by atoms with Gasteiger partial charge in [-0.25, -0.2) is 0 Å². The molecule has 3 fully saturated rings. The highest BCUT2D eigenvalue weighted by molar-refractivity contribution is 6.30. The third-order valence-electron chi connectivity index (χ3n) is 14.4. The molecule has 0 spiro atoms. The number of hydrogen-bond donors (Lipinski definition) is 0. The van der Waals surface area contributed by atoms with Gasteiger partial charge in [-0.2, -0.15) is 5.10 Å². The van der Waals surface area contributed by atoms with E-state index in [2.05, 4.69) is 70.3 Å². The quantitative estimate of drug-likeness (QED) is 0.0617. The van der Waals surface area contributed by atoms with Crippen LogP contribution in [0.2, 0.25) is 5.02 Å². The molecule has 0 N–H and O–H groups in total. The monoisotopic (exact) mass is 762 g/mol. The van der Waals surface area contributed by atoms with Crippen molar-refractivity contribution in [2.75, 3.05) is 27.2 Å². The minimum absolute atomic E-state index is 0.0950. The Bertz CT molecular complexity index is 1630. The number of benzene rings is 1. The maximum atomic E-state index is 14.5. The average molecular weight is 764 g/mol. The van der Waals surface area contributed by atoms with Gasteiger partial charge in [-0.15, -0.1) is 5.10 Å². The highest BCUT2D eigenvalue weighted by Crippen LogP contribution is 2.69. The number of allylic oxidation sites excluding steroid dienone is 1. The van der Waals surface area contributed by atoms with Gasteiger partial charge in [0.05, 0.1) is 18.1 Å². The summed E-state index contributed by atoms with van der Waals surface area (Å²) in [5, 5.41) is 9.49. The Morgan fingerprint density at radius 1 is 1.07 bits per heavy atom. The van der Waals surface area contributed by atoms with Crippen molar-refractivity contribution in [1.82, 2.24) is 9.80 Å². The Kier molecular flexibility index (Phi) is 12.8. The van der Waals surface area contributed by atoms with Gasteiger partial charge in [0.1, 0.15) is 6.29 Å². The molecule has 1 aromatic rings. The fourth-order valence-electron chi connectivity index (χ4n) is 11.6. The molecule has 0 bridgehead atoms. The van der Waals surface area contributed by atoms with Gasteiger partial charge < -0.3 is 19.3 Å². The second-order valence-electron chi connectivity index (χ2n) is 19.1.